The maximum atomic E-state index is 12.5. The first-order valence-corrected chi connectivity index (χ1v) is 8.31. The number of hydrogen-bond donors (Lipinski definition) is 2. The number of hydrogen-bond acceptors (Lipinski definition) is 2. The Morgan fingerprint density at radius 2 is 2.00 bits per heavy atom. The van der Waals surface area contributed by atoms with Crippen molar-refractivity contribution in [2.45, 2.75) is 32.2 Å². The average molecular weight is 337 g/mol. The van der Waals surface area contributed by atoms with E-state index in [0.717, 1.165) is 18.4 Å². The molecule has 2 aliphatic rings. The van der Waals surface area contributed by atoms with Gasteiger partial charge in [0.2, 0.25) is 0 Å². The number of likely N-dealkylation sites (tertiary alicyclic amines) is 1. The number of nitrogens with zero attached hydrogens (tertiary/aromatic N) is 1. The highest BCUT2D eigenvalue weighted by Gasteiger charge is 2.43. The van der Waals surface area contributed by atoms with Gasteiger partial charge in [0.25, 0.3) is 0 Å². The van der Waals surface area contributed by atoms with Crippen molar-refractivity contribution in [3.05, 3.63) is 34.9 Å². The average Bonchev–Trinajstić information content (AvgIpc) is 3.27. The van der Waals surface area contributed by atoms with Crippen LogP contribution in [-0.2, 0) is 4.79 Å². The van der Waals surface area contributed by atoms with Crippen LogP contribution in [0.1, 0.15) is 37.8 Å². The van der Waals surface area contributed by atoms with Crippen molar-refractivity contribution in [3.8, 4) is 0 Å². The minimum absolute atomic E-state index is 0.0311. The zero-order valence-corrected chi connectivity index (χ0v) is 13.8. The van der Waals surface area contributed by atoms with Crippen LogP contribution < -0.4 is 5.32 Å². The third-order valence-corrected chi connectivity index (χ3v) is 5.13. The molecule has 1 heterocycles. The number of rotatable bonds is 4. The zero-order chi connectivity index (χ0) is 16.6. The lowest BCUT2D eigenvalue weighted by atomic mass is 9.90. The third kappa shape index (κ3) is 3.44. The minimum Gasteiger partial charge on any atom is -0.481 e. The number of amides is 2. The van der Waals surface area contributed by atoms with E-state index in [4.69, 9.17) is 11.6 Å². The second kappa shape index (κ2) is 6.04. The zero-order valence-electron chi connectivity index (χ0n) is 13.1. The van der Waals surface area contributed by atoms with Crippen LogP contribution in [0.3, 0.4) is 0 Å². The Bertz CT molecular complexity index is 615. The van der Waals surface area contributed by atoms with E-state index in [0.29, 0.717) is 23.9 Å². The Labute approximate surface area is 140 Å². The molecule has 124 valence electrons. The van der Waals surface area contributed by atoms with Gasteiger partial charge in [0.15, 0.2) is 0 Å². The molecule has 1 aromatic carbocycles. The van der Waals surface area contributed by atoms with E-state index >= 15 is 0 Å². The fourth-order valence-corrected chi connectivity index (χ4v) is 3.23. The van der Waals surface area contributed by atoms with Gasteiger partial charge in [-0.15, -0.1) is 0 Å². The Kier molecular flexibility index (Phi) is 4.23. The van der Waals surface area contributed by atoms with E-state index < -0.39 is 11.4 Å². The van der Waals surface area contributed by atoms with Gasteiger partial charge in [-0.05, 0) is 49.8 Å². The van der Waals surface area contributed by atoms with E-state index in [1.54, 1.807) is 11.8 Å². The number of carboxylic acids is 1. The van der Waals surface area contributed by atoms with Crippen LogP contribution in [0.2, 0.25) is 5.02 Å². The molecule has 2 unspecified atom stereocenters. The van der Waals surface area contributed by atoms with Gasteiger partial charge < -0.3 is 15.3 Å². The number of carbonyl (C=O) groups is 2. The molecule has 0 radical (unpaired) electrons. The number of carbonyl (C=O) groups excluding carboxylic acids is 1. The van der Waals surface area contributed by atoms with E-state index in [2.05, 4.69) is 5.32 Å². The predicted molar refractivity (Wildman–Crippen MR) is 87.4 cm³/mol. The van der Waals surface area contributed by atoms with Crippen molar-refractivity contribution < 1.29 is 14.7 Å². The van der Waals surface area contributed by atoms with Crippen LogP contribution >= 0.6 is 11.6 Å². The molecule has 1 aliphatic carbocycles. The van der Waals surface area contributed by atoms with Gasteiger partial charge in [-0.25, -0.2) is 4.79 Å². The molecule has 2 atom stereocenters. The molecule has 23 heavy (non-hydrogen) atoms. The standard InChI is InChI=1S/C17H21ClN2O3/c1-17(15(21)22)8-9-20(10-17)16(23)19-14(11-2-3-11)12-4-6-13(18)7-5-12/h4-7,11,14H,2-3,8-10H2,1H3,(H,19,23)(H,21,22). The molecule has 5 nitrogen and oxygen atoms in total. The quantitative estimate of drug-likeness (QED) is 0.886. The van der Waals surface area contributed by atoms with Gasteiger partial charge in [-0.1, -0.05) is 23.7 Å². The Hall–Kier alpha value is -1.75. The van der Waals surface area contributed by atoms with Gasteiger partial charge in [-0.2, -0.15) is 0 Å². The fraction of sp³-hybridized carbons (Fsp3) is 0.529. The van der Waals surface area contributed by atoms with Crippen molar-refractivity contribution in [2.24, 2.45) is 11.3 Å². The van der Waals surface area contributed by atoms with Gasteiger partial charge in [-0.3, -0.25) is 4.79 Å². The second-order valence-corrected chi connectivity index (χ2v) is 7.29. The predicted octanol–water partition coefficient (Wildman–Crippen LogP) is 3.30. The number of benzene rings is 1. The lowest BCUT2D eigenvalue weighted by molar-refractivity contribution is -0.147. The van der Waals surface area contributed by atoms with Crippen molar-refractivity contribution >= 4 is 23.6 Å². The van der Waals surface area contributed by atoms with Crippen LogP contribution in [0.4, 0.5) is 4.79 Å². The topological polar surface area (TPSA) is 69.6 Å². The van der Waals surface area contributed by atoms with E-state index in [1.165, 1.54) is 0 Å². The van der Waals surface area contributed by atoms with Crippen molar-refractivity contribution in [2.75, 3.05) is 13.1 Å². The number of nitrogens with one attached hydrogen (secondary N) is 1. The highest BCUT2D eigenvalue weighted by molar-refractivity contribution is 6.30. The molecule has 2 N–H and O–H groups in total. The summed E-state index contributed by atoms with van der Waals surface area (Å²) in [5, 5.41) is 13.0. The number of aliphatic carboxylic acids is 1. The maximum absolute atomic E-state index is 12.5. The van der Waals surface area contributed by atoms with Crippen LogP contribution in [-0.4, -0.2) is 35.1 Å². The van der Waals surface area contributed by atoms with Crippen molar-refractivity contribution in [3.63, 3.8) is 0 Å². The SMILES string of the molecule is CC1(C(=O)O)CCN(C(=O)NC(c2ccc(Cl)cc2)C2CC2)C1. The molecule has 2 amide bonds. The summed E-state index contributed by atoms with van der Waals surface area (Å²) in [4.78, 5) is 25.5. The molecule has 6 heteroatoms. The number of urea groups is 1. The third-order valence-electron chi connectivity index (χ3n) is 4.88. The van der Waals surface area contributed by atoms with Gasteiger partial charge in [0.1, 0.15) is 0 Å². The molecule has 1 aromatic rings. The molecule has 3 rings (SSSR count). The van der Waals surface area contributed by atoms with Gasteiger partial charge >= 0.3 is 12.0 Å². The highest BCUT2D eigenvalue weighted by atomic mass is 35.5. The summed E-state index contributed by atoms with van der Waals surface area (Å²) in [7, 11) is 0. The summed E-state index contributed by atoms with van der Waals surface area (Å²) in [6.45, 7) is 2.43. The second-order valence-electron chi connectivity index (χ2n) is 6.85. The Balaban J connectivity index is 1.68. The normalized spacial score (nSPS) is 25.2. The van der Waals surface area contributed by atoms with E-state index in [-0.39, 0.29) is 18.6 Å². The van der Waals surface area contributed by atoms with E-state index in [1.807, 2.05) is 24.3 Å². The first kappa shape index (κ1) is 16.1. The smallest absolute Gasteiger partial charge is 0.317 e. The summed E-state index contributed by atoms with van der Waals surface area (Å²) in [5.41, 5.74) is 0.206. The number of carboxylic acid groups (broad SMARTS) is 1. The van der Waals surface area contributed by atoms with Crippen LogP contribution in [0.5, 0.6) is 0 Å². The van der Waals surface area contributed by atoms with Gasteiger partial charge in [0, 0.05) is 18.1 Å². The summed E-state index contributed by atoms with van der Waals surface area (Å²) in [6, 6.07) is 7.33. The lowest BCUT2D eigenvalue weighted by Crippen LogP contribution is -2.42. The Morgan fingerprint density at radius 1 is 1.35 bits per heavy atom. The lowest BCUT2D eigenvalue weighted by Gasteiger charge is -2.25. The van der Waals surface area contributed by atoms with Crippen LogP contribution in [0, 0.1) is 11.3 Å². The summed E-state index contributed by atoms with van der Waals surface area (Å²) in [6.07, 6.45) is 2.69. The van der Waals surface area contributed by atoms with Gasteiger partial charge in [0.05, 0.1) is 11.5 Å². The molecule has 2 fully saturated rings. The summed E-state index contributed by atoms with van der Waals surface area (Å²) >= 11 is 5.93. The number of halogens is 1. The molecule has 0 aromatic heterocycles. The van der Waals surface area contributed by atoms with Crippen molar-refractivity contribution in [1.29, 1.82) is 0 Å². The Morgan fingerprint density at radius 3 is 2.52 bits per heavy atom. The van der Waals surface area contributed by atoms with Crippen LogP contribution in [0.25, 0.3) is 0 Å². The van der Waals surface area contributed by atoms with E-state index in [9.17, 15) is 14.7 Å². The molecule has 1 saturated heterocycles. The van der Waals surface area contributed by atoms with Crippen molar-refractivity contribution in [1.82, 2.24) is 10.2 Å². The first-order chi connectivity index (χ1) is 10.9. The molecular weight excluding hydrogens is 316 g/mol. The molecule has 0 bridgehead atoms. The highest BCUT2D eigenvalue weighted by Crippen LogP contribution is 2.41. The molecule has 1 saturated carbocycles. The fourth-order valence-electron chi connectivity index (χ4n) is 3.11. The largest absolute Gasteiger partial charge is 0.481 e. The molecule has 0 spiro atoms. The summed E-state index contributed by atoms with van der Waals surface area (Å²) in [5.74, 6) is -0.391. The maximum Gasteiger partial charge on any atom is 0.317 e. The first-order valence-electron chi connectivity index (χ1n) is 7.93. The summed E-state index contributed by atoms with van der Waals surface area (Å²) < 4.78 is 0. The van der Waals surface area contributed by atoms with Crippen LogP contribution in [0.15, 0.2) is 24.3 Å². The molecular formula is C17H21ClN2O3. The monoisotopic (exact) mass is 336 g/mol. The minimum atomic E-state index is -0.843. The molecule has 1 aliphatic heterocycles.